The fourth-order valence-electron chi connectivity index (χ4n) is 2.32. The lowest BCUT2D eigenvalue weighted by atomic mass is 10.1. The number of aliphatic imine (C=N–C) groups is 1. The zero-order valence-corrected chi connectivity index (χ0v) is 18.1. The molecule has 2 N–H and O–H groups in total. The highest BCUT2D eigenvalue weighted by Crippen LogP contribution is 2.21. The third kappa shape index (κ3) is 5.34. The summed E-state index contributed by atoms with van der Waals surface area (Å²) in [5, 5.41) is 6.40. The van der Waals surface area contributed by atoms with Gasteiger partial charge < -0.3 is 10.6 Å². The molecule has 1 aromatic rings. The number of halogens is 1. The van der Waals surface area contributed by atoms with Crippen molar-refractivity contribution in [3.05, 3.63) is 35.4 Å². The Balaban J connectivity index is 0.00000312. The first-order chi connectivity index (χ1) is 11.4. The third-order valence-electron chi connectivity index (χ3n) is 3.96. The number of fused-ring (bicyclic) bond motifs is 1. The van der Waals surface area contributed by atoms with Crippen LogP contribution >= 0.6 is 35.7 Å². The average molecular weight is 476 g/mol. The molecule has 2 amide bonds. The number of guanidine groups is 1. The van der Waals surface area contributed by atoms with E-state index in [-0.39, 0.29) is 40.5 Å². The smallest absolute Gasteiger partial charge is 0.261 e. The lowest BCUT2D eigenvalue weighted by molar-refractivity contribution is 0.0657. The van der Waals surface area contributed by atoms with Crippen molar-refractivity contribution in [3.8, 4) is 0 Å². The Bertz CT molecular complexity index is 629. The van der Waals surface area contributed by atoms with Crippen LogP contribution in [-0.2, 0) is 0 Å². The maximum atomic E-state index is 12.3. The zero-order chi connectivity index (χ0) is 17.7. The summed E-state index contributed by atoms with van der Waals surface area (Å²) in [6.07, 6.45) is 2.07. The van der Waals surface area contributed by atoms with Crippen LogP contribution in [0.15, 0.2) is 29.3 Å². The van der Waals surface area contributed by atoms with Crippen LogP contribution in [0.1, 0.15) is 34.6 Å². The standard InChI is InChI=1S/C17H24N4O2S.HI/c1-17(2,24-4)11-20-16(18-3)19-9-10-21-14(22)12-7-5-6-8-13(12)15(21)23;/h5-8H,9-11H2,1-4H3,(H2,18,19,20);1H. The van der Waals surface area contributed by atoms with Gasteiger partial charge >= 0.3 is 0 Å². The van der Waals surface area contributed by atoms with Gasteiger partial charge in [-0.2, -0.15) is 11.8 Å². The van der Waals surface area contributed by atoms with Crippen molar-refractivity contribution < 1.29 is 9.59 Å². The molecule has 8 heteroatoms. The van der Waals surface area contributed by atoms with E-state index in [1.165, 1.54) is 4.90 Å². The normalized spacial score (nSPS) is 14.2. The molecule has 0 aromatic heterocycles. The number of hydrogen-bond donors (Lipinski definition) is 2. The fourth-order valence-corrected chi connectivity index (χ4v) is 2.53. The molecule has 0 fully saturated rings. The highest BCUT2D eigenvalue weighted by atomic mass is 127. The van der Waals surface area contributed by atoms with Gasteiger partial charge in [-0.3, -0.25) is 19.5 Å². The van der Waals surface area contributed by atoms with Crippen LogP contribution < -0.4 is 10.6 Å². The number of hydrogen-bond acceptors (Lipinski definition) is 4. The van der Waals surface area contributed by atoms with E-state index in [4.69, 9.17) is 0 Å². The number of carbonyl (C=O) groups excluding carboxylic acids is 2. The molecule has 1 aliphatic rings. The van der Waals surface area contributed by atoms with Gasteiger partial charge in [0.05, 0.1) is 11.1 Å². The SMILES string of the molecule is CN=C(NCCN1C(=O)c2ccccc2C1=O)NCC(C)(C)SC.I. The molecule has 0 saturated carbocycles. The summed E-state index contributed by atoms with van der Waals surface area (Å²) in [6, 6.07) is 6.91. The van der Waals surface area contributed by atoms with Gasteiger partial charge in [0.2, 0.25) is 0 Å². The van der Waals surface area contributed by atoms with E-state index >= 15 is 0 Å². The molecular weight excluding hydrogens is 451 g/mol. The first-order valence-electron chi connectivity index (χ1n) is 7.84. The lowest BCUT2D eigenvalue weighted by Gasteiger charge is -2.24. The van der Waals surface area contributed by atoms with Crippen molar-refractivity contribution in [3.63, 3.8) is 0 Å². The van der Waals surface area contributed by atoms with Gasteiger partial charge in [-0.05, 0) is 32.2 Å². The van der Waals surface area contributed by atoms with Crippen LogP contribution in [0, 0.1) is 0 Å². The molecule has 0 spiro atoms. The second-order valence-electron chi connectivity index (χ2n) is 6.12. The summed E-state index contributed by atoms with van der Waals surface area (Å²) >= 11 is 1.77. The Morgan fingerprint density at radius 1 is 1.16 bits per heavy atom. The van der Waals surface area contributed by atoms with Crippen molar-refractivity contribution in [1.82, 2.24) is 15.5 Å². The van der Waals surface area contributed by atoms with E-state index in [0.717, 1.165) is 6.54 Å². The van der Waals surface area contributed by atoms with Crippen molar-refractivity contribution in [2.45, 2.75) is 18.6 Å². The molecule has 0 saturated heterocycles. The Labute approximate surface area is 170 Å². The minimum atomic E-state index is -0.233. The number of nitrogens with one attached hydrogen (secondary N) is 2. The quantitative estimate of drug-likeness (QED) is 0.285. The molecule has 1 aliphatic heterocycles. The number of rotatable bonds is 6. The van der Waals surface area contributed by atoms with Crippen molar-refractivity contribution in [1.29, 1.82) is 0 Å². The molecule has 6 nitrogen and oxygen atoms in total. The lowest BCUT2D eigenvalue weighted by Crippen LogP contribution is -2.46. The summed E-state index contributed by atoms with van der Waals surface area (Å²) in [5.41, 5.74) is 0.957. The molecular formula is C17H25IN4O2S. The van der Waals surface area contributed by atoms with E-state index < -0.39 is 0 Å². The molecule has 0 aliphatic carbocycles. The number of nitrogens with zero attached hydrogens (tertiary/aromatic N) is 2. The maximum Gasteiger partial charge on any atom is 0.261 e. The summed E-state index contributed by atoms with van der Waals surface area (Å²) in [4.78, 5) is 30.0. The second-order valence-corrected chi connectivity index (χ2v) is 7.64. The van der Waals surface area contributed by atoms with Crippen LogP contribution in [0.3, 0.4) is 0 Å². The highest BCUT2D eigenvalue weighted by molar-refractivity contribution is 14.0. The Morgan fingerprint density at radius 2 is 1.72 bits per heavy atom. The first kappa shape index (κ1) is 21.8. The van der Waals surface area contributed by atoms with Gasteiger partial charge in [-0.25, -0.2) is 0 Å². The molecule has 0 atom stereocenters. The van der Waals surface area contributed by atoms with E-state index in [9.17, 15) is 9.59 Å². The van der Waals surface area contributed by atoms with Crippen molar-refractivity contribution in [2.24, 2.45) is 4.99 Å². The number of carbonyl (C=O) groups is 2. The summed E-state index contributed by atoms with van der Waals surface area (Å²) in [6.45, 7) is 5.82. The van der Waals surface area contributed by atoms with E-state index in [1.807, 2.05) is 0 Å². The molecule has 2 rings (SSSR count). The zero-order valence-electron chi connectivity index (χ0n) is 15.0. The van der Waals surface area contributed by atoms with E-state index in [1.54, 1.807) is 43.1 Å². The fraction of sp³-hybridized carbons (Fsp3) is 0.471. The third-order valence-corrected chi connectivity index (χ3v) is 5.21. The molecule has 1 aromatic carbocycles. The number of amides is 2. The van der Waals surface area contributed by atoms with E-state index in [2.05, 4.69) is 35.7 Å². The van der Waals surface area contributed by atoms with Crippen LogP contribution in [0.25, 0.3) is 0 Å². The number of benzene rings is 1. The van der Waals surface area contributed by atoms with Crippen molar-refractivity contribution in [2.75, 3.05) is 32.9 Å². The maximum absolute atomic E-state index is 12.3. The van der Waals surface area contributed by atoms with Crippen molar-refractivity contribution >= 4 is 53.5 Å². The highest BCUT2D eigenvalue weighted by Gasteiger charge is 2.34. The summed E-state index contributed by atoms with van der Waals surface area (Å²) in [5.74, 6) is 0.196. The molecule has 1 heterocycles. The van der Waals surface area contributed by atoms with E-state index in [0.29, 0.717) is 30.2 Å². The monoisotopic (exact) mass is 476 g/mol. The van der Waals surface area contributed by atoms with Gasteiger partial charge in [0, 0.05) is 31.4 Å². The Morgan fingerprint density at radius 3 is 2.20 bits per heavy atom. The first-order valence-corrected chi connectivity index (χ1v) is 9.07. The van der Waals surface area contributed by atoms with Gasteiger partial charge in [-0.15, -0.1) is 24.0 Å². The predicted octanol–water partition coefficient (Wildman–Crippen LogP) is 2.21. The minimum Gasteiger partial charge on any atom is -0.355 e. The van der Waals surface area contributed by atoms with Gasteiger partial charge in [0.25, 0.3) is 11.8 Å². The second kappa shape index (κ2) is 9.42. The molecule has 25 heavy (non-hydrogen) atoms. The minimum absolute atomic E-state index is 0. The molecule has 0 bridgehead atoms. The largest absolute Gasteiger partial charge is 0.355 e. The topological polar surface area (TPSA) is 73.8 Å². The van der Waals surface area contributed by atoms with Gasteiger partial charge in [0.1, 0.15) is 0 Å². The number of thioether (sulfide) groups is 1. The summed E-state index contributed by atoms with van der Waals surface area (Å²) in [7, 11) is 1.70. The molecule has 0 radical (unpaired) electrons. The Kier molecular flexibility index (Phi) is 8.20. The average Bonchev–Trinajstić information content (AvgIpc) is 2.83. The van der Waals surface area contributed by atoms with Gasteiger partial charge in [0.15, 0.2) is 5.96 Å². The number of imide groups is 1. The van der Waals surface area contributed by atoms with Crippen LogP contribution in [0.4, 0.5) is 0 Å². The Hall–Kier alpha value is -1.29. The molecule has 138 valence electrons. The van der Waals surface area contributed by atoms with Crippen LogP contribution in [0.5, 0.6) is 0 Å². The van der Waals surface area contributed by atoms with Crippen LogP contribution in [0.2, 0.25) is 0 Å². The predicted molar refractivity (Wildman–Crippen MR) is 114 cm³/mol. The van der Waals surface area contributed by atoms with Crippen LogP contribution in [-0.4, -0.2) is 60.4 Å². The summed E-state index contributed by atoms with van der Waals surface area (Å²) < 4.78 is 0.0974. The van der Waals surface area contributed by atoms with Gasteiger partial charge in [-0.1, -0.05) is 12.1 Å². The molecule has 0 unspecified atom stereocenters.